The fourth-order valence-corrected chi connectivity index (χ4v) is 7.18. The van der Waals surface area contributed by atoms with Crippen LogP contribution in [0.2, 0.25) is 0 Å². The minimum Gasteiger partial charge on any atom is -0.507 e. The van der Waals surface area contributed by atoms with Crippen LogP contribution >= 0.6 is 0 Å². The van der Waals surface area contributed by atoms with Crippen LogP contribution in [0.25, 0.3) is 11.1 Å². The molecule has 328 valence electrons. The Morgan fingerprint density at radius 2 is 1.60 bits per heavy atom. The van der Waals surface area contributed by atoms with Gasteiger partial charge in [0.25, 0.3) is 0 Å². The van der Waals surface area contributed by atoms with Gasteiger partial charge in [-0.1, -0.05) is 51.3 Å². The number of nitrogens with zero attached hydrogens (tertiary/aromatic N) is 1. The lowest BCUT2D eigenvalue weighted by molar-refractivity contribution is -0.134. The second-order valence-electron chi connectivity index (χ2n) is 15.8. The minimum absolute atomic E-state index is 0.0234. The predicted octanol–water partition coefficient (Wildman–Crippen LogP) is 2.75. The number of phenols is 2. The highest BCUT2D eigenvalue weighted by Crippen LogP contribution is 2.39. The SMILES string of the molecule is C=C([C@H](CCCCN)NC(=O)CCNC(=O)CCCCCCC)N(C)[C@@H]1C(=O)N[C@@H](C)C(=O)N[C@H](C(=O)N[C@@H](C)C(=O)C2CO2)Cc2ccc(O)c(c2)-c2cc1ccc2O. The van der Waals surface area contributed by atoms with Crippen molar-refractivity contribution in [1.82, 2.24) is 31.5 Å². The zero-order valence-corrected chi connectivity index (χ0v) is 35.3. The highest BCUT2D eigenvalue weighted by molar-refractivity contribution is 5.97. The Labute approximate surface area is 352 Å². The molecule has 0 aromatic heterocycles. The molecule has 4 rings (SSSR count). The first kappa shape index (κ1) is 47.2. The van der Waals surface area contributed by atoms with Gasteiger partial charge in [-0.15, -0.1) is 0 Å². The molecule has 1 fully saturated rings. The van der Waals surface area contributed by atoms with Crippen LogP contribution in [0.3, 0.4) is 0 Å². The van der Waals surface area contributed by atoms with Crippen molar-refractivity contribution in [2.75, 3.05) is 26.7 Å². The number of likely N-dealkylation sites (N-methyl/N-ethyl adjacent to an activating group) is 1. The third kappa shape index (κ3) is 13.5. The second-order valence-corrected chi connectivity index (χ2v) is 15.8. The number of aromatic hydroxyl groups is 2. The normalized spacial score (nSPS) is 19.7. The topological polar surface area (TPSA) is 245 Å². The van der Waals surface area contributed by atoms with Gasteiger partial charge in [0.15, 0.2) is 5.78 Å². The Bertz CT molecular complexity index is 1870. The summed E-state index contributed by atoms with van der Waals surface area (Å²) in [5, 5.41) is 36.1. The van der Waals surface area contributed by atoms with E-state index in [0.717, 1.165) is 32.1 Å². The van der Waals surface area contributed by atoms with E-state index in [1.54, 1.807) is 36.2 Å². The van der Waals surface area contributed by atoms with Gasteiger partial charge in [0.05, 0.1) is 18.7 Å². The quantitative estimate of drug-likeness (QED) is 0.0672. The number of ketones is 1. The summed E-state index contributed by atoms with van der Waals surface area (Å²) >= 11 is 0. The Morgan fingerprint density at radius 3 is 2.28 bits per heavy atom. The third-order valence-corrected chi connectivity index (χ3v) is 10.9. The number of ether oxygens (including phenoxy) is 1. The lowest BCUT2D eigenvalue weighted by Gasteiger charge is -2.36. The van der Waals surface area contributed by atoms with Crippen molar-refractivity contribution in [3.8, 4) is 22.6 Å². The number of epoxide rings is 1. The summed E-state index contributed by atoms with van der Waals surface area (Å²) in [7, 11) is 1.63. The number of nitrogens with two attached hydrogens (primary N) is 1. The van der Waals surface area contributed by atoms with Crippen molar-refractivity contribution >= 4 is 35.3 Å². The Hall–Kier alpha value is -5.48. The van der Waals surface area contributed by atoms with E-state index in [-0.39, 0.29) is 66.2 Å². The van der Waals surface area contributed by atoms with E-state index in [1.807, 2.05) is 0 Å². The van der Waals surface area contributed by atoms with Gasteiger partial charge in [-0.05, 0) is 81.5 Å². The molecule has 6 atom stereocenters. The number of carbonyl (C=O) groups excluding carboxylic acids is 6. The Kier molecular flexibility index (Phi) is 17.9. The van der Waals surface area contributed by atoms with Gasteiger partial charge in [-0.3, -0.25) is 28.8 Å². The molecule has 16 nitrogen and oxygen atoms in total. The van der Waals surface area contributed by atoms with Crippen LogP contribution in [0.4, 0.5) is 0 Å². The zero-order valence-electron chi connectivity index (χ0n) is 35.3. The fourth-order valence-electron chi connectivity index (χ4n) is 7.18. The molecule has 9 N–H and O–H groups in total. The second kappa shape index (κ2) is 22.8. The molecule has 2 aliphatic rings. The molecule has 0 radical (unpaired) electrons. The smallest absolute Gasteiger partial charge is 0.247 e. The monoisotopic (exact) mass is 833 g/mol. The van der Waals surface area contributed by atoms with Gasteiger partial charge in [0, 0.05) is 49.7 Å². The molecule has 0 saturated carbocycles. The molecular weight excluding hydrogens is 771 g/mol. The number of phenolic OH excluding ortho intramolecular Hbond substituents is 2. The van der Waals surface area contributed by atoms with E-state index in [2.05, 4.69) is 40.1 Å². The first-order valence-corrected chi connectivity index (χ1v) is 21.0. The summed E-state index contributed by atoms with van der Waals surface area (Å²) in [6.45, 7) is 10.3. The maximum atomic E-state index is 14.4. The Balaban J connectivity index is 1.61. The number of nitrogens with one attached hydrogen (secondary N) is 5. The van der Waals surface area contributed by atoms with Crippen LogP contribution in [0.15, 0.2) is 48.7 Å². The molecule has 1 saturated heterocycles. The summed E-state index contributed by atoms with van der Waals surface area (Å²) in [6.07, 6.45) is 6.62. The molecule has 2 aliphatic heterocycles. The van der Waals surface area contributed by atoms with Gasteiger partial charge in [0.2, 0.25) is 29.5 Å². The molecule has 0 aliphatic carbocycles. The van der Waals surface area contributed by atoms with E-state index in [4.69, 9.17) is 10.5 Å². The average Bonchev–Trinajstić information content (AvgIpc) is 4.06. The largest absolute Gasteiger partial charge is 0.507 e. The summed E-state index contributed by atoms with van der Waals surface area (Å²) in [5.41, 5.74) is 7.45. The molecule has 60 heavy (non-hydrogen) atoms. The first-order chi connectivity index (χ1) is 28.6. The number of amides is 5. The van der Waals surface area contributed by atoms with Gasteiger partial charge in [-0.2, -0.15) is 0 Å². The summed E-state index contributed by atoms with van der Waals surface area (Å²) in [6, 6.07) is 4.00. The number of benzene rings is 2. The molecule has 2 heterocycles. The summed E-state index contributed by atoms with van der Waals surface area (Å²) < 4.78 is 5.07. The van der Waals surface area contributed by atoms with E-state index in [0.29, 0.717) is 49.1 Å². The standard InChI is InChI=1S/C44H63N7O9/c1-6-7-8-9-10-14-38(54)46-21-19-39(55)49-33(13-11-12-20-45)28(4)51(5)40-30-16-18-36(53)32(24-30)31-22-29(15-17-35(31)52)23-34(50-42(57)27(3)48-44(40)59)43(58)47-26(2)41(56)37-25-60-37/h15-18,22,24,26-27,33-34,37,40,52-53H,4,6-14,19-21,23,25,45H2,1-3,5H3,(H,46,54)(H,47,58)(H,48,59)(H,49,55)(H,50,57)/t26-,27-,33-,34-,37?,40-/m0/s1. The van der Waals surface area contributed by atoms with Gasteiger partial charge < -0.3 is 52.2 Å². The van der Waals surface area contributed by atoms with Crippen LogP contribution in [-0.2, 0) is 39.9 Å². The van der Waals surface area contributed by atoms with E-state index in [9.17, 15) is 39.0 Å². The van der Waals surface area contributed by atoms with E-state index < -0.39 is 54.0 Å². The summed E-state index contributed by atoms with van der Waals surface area (Å²) in [4.78, 5) is 81.5. The van der Waals surface area contributed by atoms with Crippen LogP contribution in [0, 0.1) is 0 Å². The van der Waals surface area contributed by atoms with Crippen LogP contribution in [0.1, 0.15) is 102 Å². The number of unbranched alkanes of at least 4 members (excludes halogenated alkanes) is 5. The van der Waals surface area contributed by atoms with Crippen LogP contribution < -0.4 is 32.3 Å². The van der Waals surface area contributed by atoms with Crippen molar-refractivity contribution in [2.45, 2.75) is 128 Å². The lowest BCUT2D eigenvalue weighted by Crippen LogP contribution is -2.56. The van der Waals surface area contributed by atoms with Crippen LogP contribution in [-0.4, -0.2) is 107 Å². The lowest BCUT2D eigenvalue weighted by atomic mass is 9.93. The van der Waals surface area contributed by atoms with Crippen molar-refractivity contribution in [2.24, 2.45) is 5.73 Å². The van der Waals surface area contributed by atoms with Crippen molar-refractivity contribution in [1.29, 1.82) is 0 Å². The average molecular weight is 834 g/mol. The number of fused-ring (bicyclic) bond motifs is 5. The van der Waals surface area contributed by atoms with Gasteiger partial charge in [-0.25, -0.2) is 0 Å². The molecule has 16 heteroatoms. The van der Waals surface area contributed by atoms with Gasteiger partial charge >= 0.3 is 0 Å². The van der Waals surface area contributed by atoms with E-state index in [1.165, 1.54) is 26.0 Å². The van der Waals surface area contributed by atoms with Crippen LogP contribution in [0.5, 0.6) is 11.5 Å². The molecule has 2 aromatic rings. The number of hydrogen-bond donors (Lipinski definition) is 8. The van der Waals surface area contributed by atoms with E-state index >= 15 is 0 Å². The molecule has 5 amide bonds. The Morgan fingerprint density at radius 1 is 0.917 bits per heavy atom. The molecule has 0 spiro atoms. The maximum absolute atomic E-state index is 14.4. The number of hydrogen-bond acceptors (Lipinski definition) is 11. The molecular formula is C44H63N7O9. The minimum atomic E-state index is -1.20. The highest BCUT2D eigenvalue weighted by atomic mass is 16.6. The zero-order chi connectivity index (χ0) is 43.9. The van der Waals surface area contributed by atoms with Crippen molar-refractivity contribution < 1.29 is 43.7 Å². The maximum Gasteiger partial charge on any atom is 0.247 e. The number of Topliss-reactive ketones (excluding diaryl/α,β-unsaturated/α-hetero) is 1. The number of carbonyl (C=O) groups is 6. The predicted molar refractivity (Wildman–Crippen MR) is 226 cm³/mol. The van der Waals surface area contributed by atoms with Crippen molar-refractivity contribution in [3.63, 3.8) is 0 Å². The van der Waals surface area contributed by atoms with Gasteiger partial charge in [0.1, 0.15) is 35.7 Å². The highest BCUT2D eigenvalue weighted by Gasteiger charge is 2.37. The fraction of sp³-hybridized carbons (Fsp3) is 0.545. The third-order valence-electron chi connectivity index (χ3n) is 10.9. The molecule has 4 bridgehead atoms. The first-order valence-electron chi connectivity index (χ1n) is 21.0. The van der Waals surface area contributed by atoms with Crippen molar-refractivity contribution in [3.05, 3.63) is 59.8 Å². The number of rotatable bonds is 21. The summed E-state index contributed by atoms with van der Waals surface area (Å²) in [5.74, 6) is -3.08. The molecule has 1 unspecified atom stereocenters. The molecule has 2 aromatic carbocycles.